The highest BCUT2D eigenvalue weighted by molar-refractivity contribution is 7.16. The van der Waals surface area contributed by atoms with Gasteiger partial charge >= 0.3 is 0 Å². The van der Waals surface area contributed by atoms with Crippen LogP contribution in [0.4, 0.5) is 5.00 Å². The van der Waals surface area contributed by atoms with Gasteiger partial charge in [-0.2, -0.15) is 0 Å². The van der Waals surface area contributed by atoms with Crippen LogP contribution in [0, 0.1) is 13.8 Å². The fraction of sp³-hybridized carbons (Fsp3) is 0.360. The van der Waals surface area contributed by atoms with Gasteiger partial charge < -0.3 is 15.1 Å². The number of benzene rings is 1. The molecule has 1 amide bonds. The number of aromatic nitrogens is 1. The number of rotatable bonds is 6. The molecule has 3 aromatic rings. The Hall–Kier alpha value is -2.54. The van der Waals surface area contributed by atoms with Crippen LogP contribution in [0.2, 0.25) is 0 Å². The summed E-state index contributed by atoms with van der Waals surface area (Å²) < 4.78 is 0. The van der Waals surface area contributed by atoms with Crippen LogP contribution < -0.4 is 15.1 Å². The van der Waals surface area contributed by atoms with Crippen LogP contribution in [0.3, 0.4) is 0 Å². The Morgan fingerprint density at radius 2 is 1.77 bits per heavy atom. The van der Waals surface area contributed by atoms with Crippen LogP contribution in [-0.2, 0) is 0 Å². The van der Waals surface area contributed by atoms with Gasteiger partial charge in [-0.05, 0) is 50.6 Å². The molecule has 1 saturated heterocycles. The molecule has 1 aliphatic heterocycles. The van der Waals surface area contributed by atoms with Gasteiger partial charge in [-0.15, -0.1) is 11.3 Å². The minimum Gasteiger partial charge on any atom is -0.326 e. The van der Waals surface area contributed by atoms with Crippen molar-refractivity contribution in [3.8, 4) is 0 Å². The van der Waals surface area contributed by atoms with Crippen LogP contribution >= 0.6 is 11.3 Å². The second-order valence-corrected chi connectivity index (χ2v) is 9.52. The van der Waals surface area contributed by atoms with E-state index in [0.29, 0.717) is 5.56 Å². The van der Waals surface area contributed by atoms with Crippen molar-refractivity contribution in [2.45, 2.75) is 26.8 Å². The second kappa shape index (κ2) is 9.73. The smallest absolute Gasteiger partial charge is 0.256 e. The van der Waals surface area contributed by atoms with Crippen molar-refractivity contribution in [3.63, 3.8) is 0 Å². The molecule has 0 unspecified atom stereocenters. The molecule has 1 aromatic carbocycles. The van der Waals surface area contributed by atoms with E-state index in [4.69, 9.17) is 4.98 Å². The van der Waals surface area contributed by atoms with Crippen molar-refractivity contribution in [2.75, 3.05) is 38.0 Å². The van der Waals surface area contributed by atoms with Crippen LogP contribution in [0.5, 0.6) is 0 Å². The quantitative estimate of drug-likeness (QED) is 0.553. The van der Waals surface area contributed by atoms with Crippen molar-refractivity contribution >= 4 is 22.2 Å². The zero-order valence-corrected chi connectivity index (χ0v) is 19.4. The molecule has 2 aromatic heterocycles. The monoisotopic (exact) mass is 436 g/mol. The number of thiophene rings is 1. The Bertz CT molecular complexity index is 1010. The molecule has 6 heteroatoms. The molecule has 0 saturated carbocycles. The summed E-state index contributed by atoms with van der Waals surface area (Å²) in [5.74, 6) is -0.0573. The van der Waals surface area contributed by atoms with Crippen LogP contribution in [0.1, 0.15) is 45.0 Å². The predicted octanol–water partition coefficient (Wildman–Crippen LogP) is 1.90. The highest BCUT2D eigenvalue weighted by atomic mass is 32.1. The Kier molecular flexibility index (Phi) is 6.80. The van der Waals surface area contributed by atoms with Gasteiger partial charge in [-0.1, -0.05) is 24.3 Å². The lowest BCUT2D eigenvalue weighted by Crippen LogP contribution is -3.28. The van der Waals surface area contributed by atoms with Gasteiger partial charge in [0, 0.05) is 16.6 Å². The molecule has 0 bridgehead atoms. The van der Waals surface area contributed by atoms with Gasteiger partial charge in [0.25, 0.3) is 5.91 Å². The number of amides is 1. The van der Waals surface area contributed by atoms with E-state index in [2.05, 4.69) is 38.2 Å². The van der Waals surface area contributed by atoms with E-state index in [1.807, 2.05) is 42.6 Å². The molecule has 1 atom stereocenters. The Labute approximate surface area is 188 Å². The first kappa shape index (κ1) is 21.7. The lowest BCUT2D eigenvalue weighted by molar-refractivity contribution is -1.02. The first-order valence-corrected chi connectivity index (χ1v) is 12.0. The number of hydrogen-bond donors (Lipinski definition) is 3. The van der Waals surface area contributed by atoms with Crippen molar-refractivity contribution < 1.29 is 14.6 Å². The second-order valence-electron chi connectivity index (χ2n) is 8.30. The molecule has 0 aliphatic carbocycles. The number of carbonyl (C=O) groups excluding carboxylic acids is 1. The first-order valence-electron chi connectivity index (χ1n) is 11.1. The van der Waals surface area contributed by atoms with Crippen LogP contribution in [0.25, 0.3) is 0 Å². The number of quaternary nitrogens is 2. The number of nitrogens with zero attached hydrogens (tertiary/aromatic N) is 1. The molecule has 1 fully saturated rings. The molecule has 4 rings (SSSR count). The Balaban J connectivity index is 1.72. The highest BCUT2D eigenvalue weighted by Gasteiger charge is 2.36. The maximum atomic E-state index is 13.0. The number of piperazine rings is 1. The van der Waals surface area contributed by atoms with Crippen molar-refractivity contribution in [3.05, 3.63) is 82.0 Å². The fourth-order valence-electron chi connectivity index (χ4n) is 4.52. The van der Waals surface area contributed by atoms with E-state index in [9.17, 15) is 4.79 Å². The zero-order valence-electron chi connectivity index (χ0n) is 18.6. The lowest BCUT2D eigenvalue weighted by Gasteiger charge is -2.34. The van der Waals surface area contributed by atoms with Gasteiger partial charge in [0.05, 0.1) is 12.1 Å². The highest BCUT2D eigenvalue weighted by Crippen LogP contribution is 2.38. The van der Waals surface area contributed by atoms with Gasteiger partial charge in [0.2, 0.25) is 0 Å². The largest absolute Gasteiger partial charge is 0.326 e. The van der Waals surface area contributed by atoms with Crippen molar-refractivity contribution in [1.29, 1.82) is 0 Å². The average Bonchev–Trinajstić information content (AvgIpc) is 3.09. The summed E-state index contributed by atoms with van der Waals surface area (Å²) in [5.41, 5.74) is 4.25. The molecule has 1 aliphatic rings. The van der Waals surface area contributed by atoms with Gasteiger partial charge in [-0.25, -0.2) is 0 Å². The predicted molar refractivity (Wildman–Crippen MR) is 126 cm³/mol. The summed E-state index contributed by atoms with van der Waals surface area (Å²) in [6.07, 6.45) is 1.88. The number of likely N-dealkylation sites (N-methyl/N-ethyl adjacent to an activating group) is 1. The Morgan fingerprint density at radius 3 is 2.42 bits per heavy atom. The maximum absolute atomic E-state index is 13.0. The van der Waals surface area contributed by atoms with Gasteiger partial charge in [-0.3, -0.25) is 9.78 Å². The molecule has 162 valence electrons. The third-order valence-corrected chi connectivity index (χ3v) is 7.61. The normalized spacial score (nSPS) is 19.7. The molecule has 5 nitrogen and oxygen atoms in total. The third kappa shape index (κ3) is 4.71. The van der Waals surface area contributed by atoms with E-state index in [-0.39, 0.29) is 11.9 Å². The molecular weight excluding hydrogens is 404 g/mol. The third-order valence-electron chi connectivity index (χ3n) is 6.47. The number of carbonyl (C=O) groups is 1. The zero-order chi connectivity index (χ0) is 21.8. The first-order chi connectivity index (χ1) is 15.1. The van der Waals surface area contributed by atoms with E-state index < -0.39 is 0 Å². The van der Waals surface area contributed by atoms with E-state index in [0.717, 1.165) is 23.8 Å². The maximum Gasteiger partial charge on any atom is 0.256 e. The minimum atomic E-state index is -0.0573. The summed E-state index contributed by atoms with van der Waals surface area (Å²) in [4.78, 5) is 22.2. The molecule has 31 heavy (non-hydrogen) atoms. The molecular formula is C25H32N4OS+2. The average molecular weight is 437 g/mol. The summed E-state index contributed by atoms with van der Waals surface area (Å²) in [7, 11) is 0. The van der Waals surface area contributed by atoms with E-state index in [1.54, 1.807) is 16.2 Å². The topological polar surface area (TPSA) is 50.9 Å². The number of pyridine rings is 1. The molecule has 3 heterocycles. The molecule has 0 spiro atoms. The van der Waals surface area contributed by atoms with Crippen molar-refractivity contribution in [2.24, 2.45) is 0 Å². The summed E-state index contributed by atoms with van der Waals surface area (Å²) in [6.45, 7) is 12.3. The number of nitrogens with one attached hydrogen (secondary N) is 3. The number of anilines is 1. The molecule has 0 radical (unpaired) electrons. The summed E-state index contributed by atoms with van der Waals surface area (Å²) >= 11 is 1.68. The van der Waals surface area contributed by atoms with Crippen LogP contribution in [0.15, 0.2) is 54.7 Å². The minimum absolute atomic E-state index is 0.0573. The fourth-order valence-corrected chi connectivity index (χ4v) is 5.62. The Morgan fingerprint density at radius 1 is 1.06 bits per heavy atom. The summed E-state index contributed by atoms with van der Waals surface area (Å²) in [6, 6.07) is 15.7. The van der Waals surface area contributed by atoms with Crippen LogP contribution in [-0.4, -0.2) is 43.6 Å². The SMILES string of the molecule is CC[NH+]1CC[NH+]([C@@H](c2ccccn2)c2c(NC(=O)c3ccccc3)sc(C)c2C)CC1. The lowest BCUT2D eigenvalue weighted by atomic mass is 9.97. The number of hydrogen-bond acceptors (Lipinski definition) is 3. The van der Waals surface area contributed by atoms with Gasteiger partial charge in [0.1, 0.15) is 36.9 Å². The van der Waals surface area contributed by atoms with E-state index >= 15 is 0 Å². The summed E-state index contributed by atoms with van der Waals surface area (Å²) in [5, 5.41) is 4.19. The molecule has 3 N–H and O–H groups in total. The van der Waals surface area contributed by atoms with Crippen molar-refractivity contribution in [1.82, 2.24) is 4.98 Å². The number of aryl methyl sites for hydroxylation is 1. The van der Waals surface area contributed by atoms with E-state index in [1.165, 1.54) is 40.5 Å². The standard InChI is InChI=1S/C25H30N4OS/c1-4-28-14-16-29(17-15-28)23(21-12-8-9-13-26-21)22-18(2)19(3)31-25(22)27-24(30)20-10-6-5-7-11-20/h5-13,23H,4,14-17H2,1-3H3,(H,27,30)/p+2/t23-/m0/s1. The van der Waals surface area contributed by atoms with Gasteiger partial charge in [0.15, 0.2) is 6.04 Å².